The number of nitrogens with one attached hydrogen (secondary N) is 1. The number of methoxy groups -OCH3 is 2. The van der Waals surface area contributed by atoms with E-state index < -0.39 is 11.9 Å². The highest BCUT2D eigenvalue weighted by molar-refractivity contribution is 5.89. The van der Waals surface area contributed by atoms with Crippen LogP contribution in [-0.2, 0) is 17.5 Å². The number of ether oxygens (including phenoxy) is 3. The Morgan fingerprint density at radius 2 is 2.03 bits per heavy atom. The molecule has 0 amide bonds. The summed E-state index contributed by atoms with van der Waals surface area (Å²) in [5, 5.41) is 3.50. The third-order valence-corrected chi connectivity index (χ3v) is 5.25. The fourth-order valence-corrected chi connectivity index (χ4v) is 3.60. The first-order valence-electron chi connectivity index (χ1n) is 10.2. The summed E-state index contributed by atoms with van der Waals surface area (Å²) in [6, 6.07) is 4.49. The number of rotatable bonds is 6. The van der Waals surface area contributed by atoms with Crippen LogP contribution in [-0.4, -0.2) is 60.0 Å². The Bertz CT molecular complexity index is 1140. The molecule has 1 fully saturated rings. The van der Waals surface area contributed by atoms with Crippen molar-refractivity contribution in [2.75, 3.05) is 44.2 Å². The van der Waals surface area contributed by atoms with Gasteiger partial charge in [0.1, 0.15) is 11.5 Å². The maximum Gasteiger partial charge on any atom is 0.433 e. The van der Waals surface area contributed by atoms with Crippen LogP contribution in [0.3, 0.4) is 0 Å². The van der Waals surface area contributed by atoms with E-state index in [0.29, 0.717) is 48.3 Å². The van der Waals surface area contributed by atoms with Crippen molar-refractivity contribution >= 4 is 22.8 Å². The van der Waals surface area contributed by atoms with Crippen molar-refractivity contribution in [2.24, 2.45) is 0 Å². The van der Waals surface area contributed by atoms with Gasteiger partial charge >= 0.3 is 6.18 Å². The maximum absolute atomic E-state index is 13.4. The molecule has 0 aromatic carbocycles. The Morgan fingerprint density at radius 1 is 1.21 bits per heavy atom. The topological polar surface area (TPSA) is 94.5 Å². The van der Waals surface area contributed by atoms with Gasteiger partial charge in [-0.15, -0.1) is 0 Å². The molecule has 3 aromatic rings. The molecule has 1 unspecified atom stereocenters. The van der Waals surface area contributed by atoms with E-state index in [4.69, 9.17) is 14.2 Å². The van der Waals surface area contributed by atoms with E-state index >= 15 is 0 Å². The first-order chi connectivity index (χ1) is 15.8. The first kappa shape index (κ1) is 22.8. The molecule has 1 aliphatic heterocycles. The molecule has 0 spiro atoms. The zero-order valence-electron chi connectivity index (χ0n) is 18.3. The second-order valence-corrected chi connectivity index (χ2v) is 7.42. The number of hydrogen-bond acceptors (Lipinski definition) is 9. The van der Waals surface area contributed by atoms with Crippen molar-refractivity contribution in [1.82, 2.24) is 19.9 Å². The Balaban J connectivity index is 1.78. The lowest BCUT2D eigenvalue weighted by atomic mass is 10.2. The number of nitrogens with zero attached hydrogens (tertiary/aromatic N) is 5. The minimum absolute atomic E-state index is 0.00788. The first-order valence-corrected chi connectivity index (χ1v) is 10.2. The van der Waals surface area contributed by atoms with Crippen LogP contribution < -0.4 is 19.7 Å². The maximum atomic E-state index is 13.4. The molecule has 0 aliphatic carbocycles. The van der Waals surface area contributed by atoms with Crippen molar-refractivity contribution in [1.29, 1.82) is 0 Å². The van der Waals surface area contributed by atoms with E-state index in [-0.39, 0.29) is 24.0 Å². The molecular formula is C21H23F3N6O3. The number of aromatic nitrogens is 4. The lowest BCUT2D eigenvalue weighted by Crippen LogP contribution is -2.44. The molecular weight excluding hydrogens is 441 g/mol. The van der Waals surface area contributed by atoms with Crippen LogP contribution in [0, 0.1) is 0 Å². The van der Waals surface area contributed by atoms with E-state index in [1.807, 2.05) is 11.8 Å². The summed E-state index contributed by atoms with van der Waals surface area (Å²) in [4.78, 5) is 19.1. The van der Waals surface area contributed by atoms with Crippen LogP contribution in [0.5, 0.6) is 11.6 Å². The minimum Gasteiger partial charge on any atom is -0.491 e. The molecule has 9 nitrogen and oxygen atoms in total. The second-order valence-electron chi connectivity index (χ2n) is 7.42. The monoisotopic (exact) mass is 464 g/mol. The molecule has 0 bridgehead atoms. The van der Waals surface area contributed by atoms with Gasteiger partial charge in [-0.25, -0.2) is 0 Å². The summed E-state index contributed by atoms with van der Waals surface area (Å²) in [5.41, 5.74) is -0.636. The molecule has 0 radical (unpaired) electrons. The number of morpholine rings is 1. The van der Waals surface area contributed by atoms with E-state index in [9.17, 15) is 13.2 Å². The summed E-state index contributed by atoms with van der Waals surface area (Å²) in [6.45, 7) is 3.42. The van der Waals surface area contributed by atoms with Crippen molar-refractivity contribution in [3.8, 4) is 11.6 Å². The average molecular weight is 464 g/mol. The minimum atomic E-state index is -4.57. The van der Waals surface area contributed by atoms with Crippen molar-refractivity contribution in [3.63, 3.8) is 0 Å². The smallest absolute Gasteiger partial charge is 0.433 e. The number of alkyl halides is 3. The zero-order chi connectivity index (χ0) is 23.6. The van der Waals surface area contributed by atoms with Gasteiger partial charge in [0.05, 0.1) is 38.9 Å². The summed E-state index contributed by atoms with van der Waals surface area (Å²) in [7, 11) is 2.93. The lowest BCUT2D eigenvalue weighted by Gasteiger charge is -2.33. The highest BCUT2D eigenvalue weighted by Gasteiger charge is 2.35. The third kappa shape index (κ3) is 4.70. The fourth-order valence-electron chi connectivity index (χ4n) is 3.60. The molecule has 3 aromatic heterocycles. The van der Waals surface area contributed by atoms with Crippen LogP contribution in [0.15, 0.2) is 24.4 Å². The molecule has 4 rings (SSSR count). The number of anilines is 2. The van der Waals surface area contributed by atoms with Crippen LogP contribution in [0.4, 0.5) is 24.9 Å². The quantitative estimate of drug-likeness (QED) is 0.590. The largest absolute Gasteiger partial charge is 0.491 e. The lowest BCUT2D eigenvalue weighted by molar-refractivity contribution is -0.141. The van der Waals surface area contributed by atoms with Gasteiger partial charge in [0.15, 0.2) is 11.4 Å². The summed E-state index contributed by atoms with van der Waals surface area (Å²) < 4.78 is 56.3. The Morgan fingerprint density at radius 3 is 2.73 bits per heavy atom. The third-order valence-electron chi connectivity index (χ3n) is 5.25. The van der Waals surface area contributed by atoms with Gasteiger partial charge in [0.2, 0.25) is 5.95 Å². The van der Waals surface area contributed by atoms with Gasteiger partial charge in [-0.3, -0.25) is 4.98 Å². The summed E-state index contributed by atoms with van der Waals surface area (Å²) >= 11 is 0. The molecule has 1 atom stereocenters. The van der Waals surface area contributed by atoms with Gasteiger partial charge in [-0.1, -0.05) is 6.07 Å². The number of fused-ring (bicyclic) bond motifs is 1. The predicted octanol–water partition coefficient (Wildman–Crippen LogP) is 3.29. The molecule has 4 heterocycles. The molecule has 33 heavy (non-hydrogen) atoms. The van der Waals surface area contributed by atoms with E-state index in [2.05, 4.69) is 25.3 Å². The number of halogens is 3. The molecule has 1 N–H and O–H groups in total. The van der Waals surface area contributed by atoms with E-state index in [1.54, 1.807) is 6.07 Å². The number of hydrogen-bond donors (Lipinski definition) is 1. The van der Waals surface area contributed by atoms with Crippen molar-refractivity contribution in [2.45, 2.75) is 25.7 Å². The molecule has 176 valence electrons. The van der Waals surface area contributed by atoms with Crippen molar-refractivity contribution in [3.05, 3.63) is 35.7 Å². The molecule has 0 saturated carbocycles. The zero-order valence-corrected chi connectivity index (χ0v) is 18.3. The fraction of sp³-hybridized carbons (Fsp3) is 0.429. The Hall–Kier alpha value is -3.41. The number of pyridine rings is 2. The SMILES string of the molecule is COc1cc2c(NCc3cccnc3C(F)(F)F)nc(N3CCOCC3C)nc2nc1OC. The Labute approximate surface area is 187 Å². The molecule has 1 aliphatic rings. The highest BCUT2D eigenvalue weighted by Crippen LogP contribution is 2.34. The second kappa shape index (κ2) is 9.22. The average Bonchev–Trinajstić information content (AvgIpc) is 2.81. The van der Waals surface area contributed by atoms with Gasteiger partial charge < -0.3 is 24.4 Å². The van der Waals surface area contributed by atoms with Gasteiger partial charge in [0, 0.05) is 30.9 Å². The predicted molar refractivity (Wildman–Crippen MR) is 115 cm³/mol. The van der Waals surface area contributed by atoms with Crippen molar-refractivity contribution < 1.29 is 27.4 Å². The normalized spacial score (nSPS) is 16.7. The van der Waals surface area contributed by atoms with Crippen LogP contribution in [0.25, 0.3) is 11.0 Å². The van der Waals surface area contributed by atoms with Gasteiger partial charge in [-0.2, -0.15) is 28.1 Å². The van der Waals surface area contributed by atoms with Gasteiger partial charge in [0.25, 0.3) is 5.88 Å². The Kier molecular flexibility index (Phi) is 6.36. The highest BCUT2D eigenvalue weighted by atomic mass is 19.4. The van der Waals surface area contributed by atoms with Crippen LogP contribution in [0.1, 0.15) is 18.2 Å². The van der Waals surface area contributed by atoms with Gasteiger partial charge in [-0.05, 0) is 13.0 Å². The van der Waals surface area contributed by atoms with Crippen LogP contribution >= 0.6 is 0 Å². The van der Waals surface area contributed by atoms with Crippen LogP contribution in [0.2, 0.25) is 0 Å². The van der Waals surface area contributed by atoms with E-state index in [1.165, 1.54) is 26.4 Å². The standard InChI is InChI=1S/C21H23F3N6O3/c1-12-11-33-8-7-30(12)20-28-17(14-9-15(31-2)19(32-3)27-18(14)29-20)26-10-13-5-4-6-25-16(13)21(22,23)24/h4-6,9,12H,7-8,10-11H2,1-3H3,(H,26,27,28,29). The van der Waals surface area contributed by atoms with E-state index in [0.717, 1.165) is 6.20 Å². The summed E-state index contributed by atoms with van der Waals surface area (Å²) in [5.74, 6) is 1.30. The molecule has 12 heteroatoms. The summed E-state index contributed by atoms with van der Waals surface area (Å²) in [6.07, 6.45) is -3.45. The molecule has 1 saturated heterocycles.